The zero-order valence-corrected chi connectivity index (χ0v) is 15.0. The minimum Gasteiger partial charge on any atom is -0.480 e. The van der Waals surface area contributed by atoms with Crippen molar-refractivity contribution in [2.75, 3.05) is 26.3 Å². The summed E-state index contributed by atoms with van der Waals surface area (Å²) < 4.78 is 27.3. The van der Waals surface area contributed by atoms with Crippen molar-refractivity contribution in [2.45, 2.75) is 20.1 Å². The molecule has 0 amide bonds. The quantitative estimate of drug-likeness (QED) is 0.652. The van der Waals surface area contributed by atoms with Crippen LogP contribution in [0, 0.1) is 6.92 Å². The first kappa shape index (κ1) is 17.6. The molecule has 3 aromatic rings. The van der Waals surface area contributed by atoms with E-state index >= 15 is 0 Å². The Morgan fingerprint density at radius 3 is 2.85 bits per heavy atom. The molecule has 0 N–H and O–H groups in total. The van der Waals surface area contributed by atoms with Crippen molar-refractivity contribution in [1.29, 1.82) is 0 Å². The molecule has 8 nitrogen and oxygen atoms in total. The number of aromatic nitrogens is 1. The molecule has 3 aromatic heterocycles. The minimum absolute atomic E-state index is 0.101. The van der Waals surface area contributed by atoms with Crippen molar-refractivity contribution in [3.05, 3.63) is 58.2 Å². The van der Waals surface area contributed by atoms with Crippen LogP contribution in [-0.2, 0) is 17.9 Å². The van der Waals surface area contributed by atoms with Gasteiger partial charge in [-0.2, -0.15) is 0 Å². The highest BCUT2D eigenvalue weighted by molar-refractivity contribution is 5.44. The van der Waals surface area contributed by atoms with Crippen molar-refractivity contribution >= 4 is 0 Å². The fourth-order valence-electron chi connectivity index (χ4n) is 2.82. The van der Waals surface area contributed by atoms with Gasteiger partial charge in [-0.15, -0.1) is 0 Å². The molecule has 0 aliphatic carbocycles. The fourth-order valence-corrected chi connectivity index (χ4v) is 2.82. The maximum absolute atomic E-state index is 12.3. The predicted octanol–water partition coefficient (Wildman–Crippen LogP) is 2.61. The van der Waals surface area contributed by atoms with Gasteiger partial charge in [-0.1, -0.05) is 0 Å². The van der Waals surface area contributed by atoms with Gasteiger partial charge in [0.05, 0.1) is 26.0 Å². The van der Waals surface area contributed by atoms with E-state index < -0.39 is 0 Å². The second-order valence-corrected chi connectivity index (χ2v) is 6.25. The number of nitrogens with zero attached hydrogens (tertiary/aromatic N) is 2. The first-order valence-corrected chi connectivity index (χ1v) is 8.74. The molecule has 1 aliphatic rings. The number of hydrogen-bond donors (Lipinski definition) is 0. The summed E-state index contributed by atoms with van der Waals surface area (Å²) in [4.78, 5) is 18.8. The second-order valence-electron chi connectivity index (χ2n) is 6.25. The standard InChI is InChI=1S/C19H20N2O6/c1-13-15(20-19(27-13)17-3-2-6-24-17)11-26-18-12-25-14(9-16(18)22)10-21-4-7-23-8-5-21/h2-3,6,9,12H,4-5,7-8,10-11H2,1H3. The molecule has 4 heterocycles. The molecule has 0 saturated carbocycles. The molecule has 4 rings (SSSR count). The summed E-state index contributed by atoms with van der Waals surface area (Å²) in [5, 5.41) is 0. The first-order chi connectivity index (χ1) is 13.2. The van der Waals surface area contributed by atoms with E-state index in [1.54, 1.807) is 25.3 Å². The lowest BCUT2D eigenvalue weighted by molar-refractivity contribution is 0.0310. The van der Waals surface area contributed by atoms with Gasteiger partial charge in [0.1, 0.15) is 30.1 Å². The van der Waals surface area contributed by atoms with Crippen LogP contribution in [0.15, 0.2) is 48.8 Å². The summed E-state index contributed by atoms with van der Waals surface area (Å²) >= 11 is 0. The van der Waals surface area contributed by atoms with Gasteiger partial charge in [-0.25, -0.2) is 4.98 Å². The SMILES string of the molecule is Cc1oc(-c2ccco2)nc1COc1coc(CN2CCOCC2)cc1=O. The van der Waals surface area contributed by atoms with Crippen molar-refractivity contribution in [3.8, 4) is 17.4 Å². The van der Waals surface area contributed by atoms with E-state index in [2.05, 4.69) is 9.88 Å². The van der Waals surface area contributed by atoms with E-state index in [-0.39, 0.29) is 17.8 Å². The Morgan fingerprint density at radius 1 is 1.26 bits per heavy atom. The Balaban J connectivity index is 1.40. The molecule has 142 valence electrons. The summed E-state index contributed by atoms with van der Waals surface area (Å²) in [6.07, 6.45) is 2.90. The molecule has 0 aromatic carbocycles. The van der Waals surface area contributed by atoms with Gasteiger partial charge >= 0.3 is 0 Å². The summed E-state index contributed by atoms with van der Waals surface area (Å²) in [6.45, 7) is 5.51. The molecular formula is C19H20N2O6. The van der Waals surface area contributed by atoms with E-state index in [0.29, 0.717) is 48.6 Å². The van der Waals surface area contributed by atoms with Gasteiger partial charge in [0.15, 0.2) is 5.76 Å². The Hall–Kier alpha value is -2.84. The topological polar surface area (TPSA) is 91.1 Å². The third-order valence-electron chi connectivity index (χ3n) is 4.32. The molecule has 0 radical (unpaired) electrons. The number of morpholine rings is 1. The van der Waals surface area contributed by atoms with Crippen LogP contribution in [-0.4, -0.2) is 36.2 Å². The zero-order valence-electron chi connectivity index (χ0n) is 15.0. The van der Waals surface area contributed by atoms with Crippen LogP contribution in [0.3, 0.4) is 0 Å². The summed E-state index contributed by atoms with van der Waals surface area (Å²) in [5.41, 5.74) is 0.370. The highest BCUT2D eigenvalue weighted by atomic mass is 16.5. The van der Waals surface area contributed by atoms with Crippen LogP contribution in [0.5, 0.6) is 5.75 Å². The average Bonchev–Trinajstić information content (AvgIpc) is 3.32. The van der Waals surface area contributed by atoms with E-state index in [4.69, 9.17) is 22.7 Å². The van der Waals surface area contributed by atoms with Gasteiger partial charge < -0.3 is 22.7 Å². The van der Waals surface area contributed by atoms with Crippen LogP contribution in [0.25, 0.3) is 11.7 Å². The van der Waals surface area contributed by atoms with Crippen molar-refractivity contribution in [1.82, 2.24) is 9.88 Å². The number of hydrogen-bond acceptors (Lipinski definition) is 8. The molecular weight excluding hydrogens is 352 g/mol. The molecule has 27 heavy (non-hydrogen) atoms. The Labute approximate surface area is 155 Å². The lowest BCUT2D eigenvalue weighted by atomic mass is 10.3. The normalized spacial score (nSPS) is 15.1. The monoisotopic (exact) mass is 372 g/mol. The summed E-state index contributed by atoms with van der Waals surface area (Å²) in [7, 11) is 0. The van der Waals surface area contributed by atoms with Gasteiger partial charge in [-0.05, 0) is 19.1 Å². The second kappa shape index (κ2) is 7.81. The number of aryl methyl sites for hydroxylation is 1. The van der Waals surface area contributed by atoms with E-state index in [0.717, 1.165) is 13.1 Å². The Kier molecular flexibility index (Phi) is 5.08. The average molecular weight is 372 g/mol. The Bertz CT molecular complexity index is 938. The number of furan rings is 1. The zero-order chi connectivity index (χ0) is 18.6. The molecule has 0 atom stereocenters. The molecule has 8 heteroatoms. The maximum Gasteiger partial charge on any atom is 0.263 e. The first-order valence-electron chi connectivity index (χ1n) is 8.74. The van der Waals surface area contributed by atoms with Crippen LogP contribution < -0.4 is 10.2 Å². The van der Waals surface area contributed by atoms with Gasteiger partial charge in [0, 0.05) is 19.2 Å². The number of ether oxygens (including phenoxy) is 2. The smallest absolute Gasteiger partial charge is 0.263 e. The van der Waals surface area contributed by atoms with E-state index in [9.17, 15) is 4.79 Å². The maximum atomic E-state index is 12.3. The van der Waals surface area contributed by atoms with Gasteiger partial charge in [-0.3, -0.25) is 9.69 Å². The minimum atomic E-state index is -0.225. The van der Waals surface area contributed by atoms with Crippen LogP contribution in [0.4, 0.5) is 0 Å². The Morgan fingerprint density at radius 2 is 2.11 bits per heavy atom. The number of rotatable bonds is 6. The van der Waals surface area contributed by atoms with Gasteiger partial charge in [0.25, 0.3) is 5.89 Å². The molecule has 1 saturated heterocycles. The third-order valence-corrected chi connectivity index (χ3v) is 4.32. The lowest BCUT2D eigenvalue weighted by Crippen LogP contribution is -2.35. The van der Waals surface area contributed by atoms with Gasteiger partial charge in [0.2, 0.25) is 11.2 Å². The van der Waals surface area contributed by atoms with Crippen molar-refractivity contribution in [2.24, 2.45) is 0 Å². The molecule has 0 bridgehead atoms. The third kappa shape index (κ3) is 4.12. The summed E-state index contributed by atoms with van der Waals surface area (Å²) in [5.74, 6) is 2.27. The van der Waals surface area contributed by atoms with Crippen molar-refractivity contribution < 1.29 is 22.7 Å². The lowest BCUT2D eigenvalue weighted by Gasteiger charge is -2.25. The summed E-state index contributed by atoms with van der Waals surface area (Å²) in [6, 6.07) is 4.99. The van der Waals surface area contributed by atoms with Crippen LogP contribution in [0.2, 0.25) is 0 Å². The fraction of sp³-hybridized carbons (Fsp3) is 0.368. The van der Waals surface area contributed by atoms with Crippen LogP contribution in [0.1, 0.15) is 17.2 Å². The molecule has 1 aliphatic heterocycles. The largest absolute Gasteiger partial charge is 0.480 e. The van der Waals surface area contributed by atoms with E-state index in [1.165, 1.54) is 12.3 Å². The van der Waals surface area contributed by atoms with Crippen molar-refractivity contribution in [3.63, 3.8) is 0 Å². The van der Waals surface area contributed by atoms with E-state index in [1.807, 2.05) is 0 Å². The molecule has 1 fully saturated rings. The highest BCUT2D eigenvalue weighted by Gasteiger charge is 2.16. The molecule has 0 spiro atoms. The highest BCUT2D eigenvalue weighted by Crippen LogP contribution is 2.22. The number of oxazole rings is 1. The van der Waals surface area contributed by atoms with Crippen LogP contribution >= 0.6 is 0 Å². The molecule has 0 unspecified atom stereocenters. The predicted molar refractivity (Wildman–Crippen MR) is 94.3 cm³/mol.